The van der Waals surface area contributed by atoms with Crippen molar-refractivity contribution in [2.24, 2.45) is 0 Å². The molecular formula is C11H9Cl2N3O2S. The number of benzene rings is 1. The first kappa shape index (κ1) is 14.0. The molecule has 1 aromatic heterocycles. The van der Waals surface area contributed by atoms with Crippen molar-refractivity contribution in [3.63, 3.8) is 0 Å². The molecule has 0 spiro atoms. The molecule has 2 rings (SSSR count). The molecule has 100 valence electrons. The first-order valence-electron chi connectivity index (χ1n) is 5.15. The third kappa shape index (κ3) is 3.15. The van der Waals surface area contributed by atoms with Gasteiger partial charge in [0.25, 0.3) is 10.0 Å². The Morgan fingerprint density at radius 1 is 1.11 bits per heavy atom. The molecule has 0 unspecified atom stereocenters. The Morgan fingerprint density at radius 2 is 1.63 bits per heavy atom. The molecule has 19 heavy (non-hydrogen) atoms. The van der Waals surface area contributed by atoms with E-state index < -0.39 is 10.0 Å². The van der Waals surface area contributed by atoms with Crippen LogP contribution in [0.15, 0.2) is 35.5 Å². The van der Waals surface area contributed by atoms with Crippen LogP contribution in [0.4, 0.5) is 5.95 Å². The molecule has 0 radical (unpaired) electrons. The Bertz CT molecular complexity index is 682. The molecular weight excluding hydrogens is 309 g/mol. The standard InChI is InChI=1S/C11H9Cl2N3O2S/c1-7-9(12)5-8(6-10(7)13)19(17,18)16-11-14-3-2-4-15-11/h2-6H,1H3,(H,14,15,16). The molecule has 0 saturated carbocycles. The van der Waals surface area contributed by atoms with Gasteiger partial charge in [0.15, 0.2) is 0 Å². The van der Waals surface area contributed by atoms with Crippen LogP contribution in [0.3, 0.4) is 0 Å². The molecule has 0 amide bonds. The Balaban J connectivity index is 2.40. The smallest absolute Gasteiger partial charge is 0.247 e. The van der Waals surface area contributed by atoms with Crippen molar-refractivity contribution in [3.8, 4) is 0 Å². The van der Waals surface area contributed by atoms with Crippen LogP contribution in [0, 0.1) is 6.92 Å². The summed E-state index contributed by atoms with van der Waals surface area (Å²) in [5, 5.41) is 0.559. The average molecular weight is 318 g/mol. The molecule has 0 fully saturated rings. The highest BCUT2D eigenvalue weighted by Gasteiger charge is 2.18. The Hall–Kier alpha value is -1.37. The van der Waals surface area contributed by atoms with Gasteiger partial charge in [0.2, 0.25) is 5.95 Å². The van der Waals surface area contributed by atoms with E-state index >= 15 is 0 Å². The number of anilines is 1. The highest BCUT2D eigenvalue weighted by molar-refractivity contribution is 7.92. The Morgan fingerprint density at radius 3 is 2.16 bits per heavy atom. The van der Waals surface area contributed by atoms with Gasteiger partial charge < -0.3 is 0 Å². The van der Waals surface area contributed by atoms with E-state index in [0.29, 0.717) is 5.56 Å². The number of halogens is 2. The monoisotopic (exact) mass is 317 g/mol. The minimum atomic E-state index is -3.82. The number of rotatable bonds is 3. The fraction of sp³-hybridized carbons (Fsp3) is 0.0909. The lowest BCUT2D eigenvalue weighted by molar-refractivity contribution is 0.601. The quantitative estimate of drug-likeness (QED) is 0.944. The van der Waals surface area contributed by atoms with Gasteiger partial charge in [-0.3, -0.25) is 0 Å². The number of hydrogen-bond donors (Lipinski definition) is 1. The average Bonchev–Trinajstić information content (AvgIpc) is 2.36. The van der Waals surface area contributed by atoms with Crippen molar-refractivity contribution in [1.29, 1.82) is 0 Å². The molecule has 2 aromatic rings. The van der Waals surface area contributed by atoms with Gasteiger partial charge in [-0.2, -0.15) is 0 Å². The van der Waals surface area contributed by atoms with Crippen LogP contribution in [-0.2, 0) is 10.0 Å². The van der Waals surface area contributed by atoms with E-state index in [1.54, 1.807) is 13.0 Å². The highest BCUT2D eigenvalue weighted by atomic mass is 35.5. The van der Waals surface area contributed by atoms with E-state index in [0.717, 1.165) is 0 Å². The molecule has 0 aliphatic carbocycles. The summed E-state index contributed by atoms with van der Waals surface area (Å²) in [6.45, 7) is 1.70. The summed E-state index contributed by atoms with van der Waals surface area (Å²) in [4.78, 5) is 7.53. The van der Waals surface area contributed by atoms with Crippen LogP contribution in [-0.4, -0.2) is 18.4 Å². The molecule has 0 bridgehead atoms. The summed E-state index contributed by atoms with van der Waals surface area (Å²) in [7, 11) is -3.82. The molecule has 1 aromatic carbocycles. The van der Waals surface area contributed by atoms with Gasteiger partial charge in [-0.15, -0.1) is 0 Å². The highest BCUT2D eigenvalue weighted by Crippen LogP contribution is 2.28. The second-order valence-corrected chi connectivity index (χ2v) is 6.19. The largest absolute Gasteiger partial charge is 0.264 e. The molecule has 1 heterocycles. The van der Waals surface area contributed by atoms with Gasteiger partial charge in [0.1, 0.15) is 0 Å². The summed E-state index contributed by atoms with van der Waals surface area (Å²) < 4.78 is 26.5. The lowest BCUT2D eigenvalue weighted by Gasteiger charge is -2.08. The van der Waals surface area contributed by atoms with Crippen molar-refractivity contribution in [3.05, 3.63) is 46.2 Å². The van der Waals surface area contributed by atoms with Crippen LogP contribution >= 0.6 is 23.2 Å². The lowest BCUT2D eigenvalue weighted by Crippen LogP contribution is -2.15. The number of nitrogens with one attached hydrogen (secondary N) is 1. The third-order valence-electron chi connectivity index (χ3n) is 2.36. The fourth-order valence-electron chi connectivity index (χ4n) is 1.31. The zero-order chi connectivity index (χ0) is 14.0. The molecule has 0 aliphatic heterocycles. The van der Waals surface area contributed by atoms with Crippen molar-refractivity contribution in [2.45, 2.75) is 11.8 Å². The summed E-state index contributed by atoms with van der Waals surface area (Å²) in [5.41, 5.74) is 0.623. The predicted molar refractivity (Wildman–Crippen MR) is 74.0 cm³/mol. The first-order chi connectivity index (χ1) is 8.90. The van der Waals surface area contributed by atoms with Gasteiger partial charge in [-0.05, 0) is 30.7 Å². The first-order valence-corrected chi connectivity index (χ1v) is 7.39. The second-order valence-electron chi connectivity index (χ2n) is 3.69. The van der Waals surface area contributed by atoms with Crippen molar-refractivity contribution in [2.75, 3.05) is 4.72 Å². The van der Waals surface area contributed by atoms with Gasteiger partial charge >= 0.3 is 0 Å². The zero-order valence-electron chi connectivity index (χ0n) is 9.76. The van der Waals surface area contributed by atoms with Crippen molar-refractivity contribution in [1.82, 2.24) is 9.97 Å². The Kier molecular flexibility index (Phi) is 3.93. The summed E-state index contributed by atoms with van der Waals surface area (Å²) in [6, 6.07) is 4.24. The number of aromatic nitrogens is 2. The van der Waals surface area contributed by atoms with E-state index in [-0.39, 0.29) is 20.9 Å². The predicted octanol–water partition coefficient (Wildman–Crippen LogP) is 2.89. The van der Waals surface area contributed by atoms with Crippen LogP contribution in [0.5, 0.6) is 0 Å². The maximum absolute atomic E-state index is 12.1. The molecule has 0 atom stereocenters. The normalized spacial score (nSPS) is 11.3. The zero-order valence-corrected chi connectivity index (χ0v) is 12.1. The summed E-state index contributed by atoms with van der Waals surface area (Å²) in [5.74, 6) is -0.0182. The van der Waals surface area contributed by atoms with E-state index in [4.69, 9.17) is 23.2 Å². The minimum absolute atomic E-state index is 0.0182. The topological polar surface area (TPSA) is 72.0 Å². The molecule has 5 nitrogen and oxygen atoms in total. The SMILES string of the molecule is Cc1c(Cl)cc(S(=O)(=O)Nc2ncccn2)cc1Cl. The third-order valence-corrected chi connectivity index (χ3v) is 4.45. The van der Waals surface area contributed by atoms with E-state index in [1.165, 1.54) is 24.5 Å². The summed E-state index contributed by atoms with van der Waals surface area (Å²) >= 11 is 11.8. The van der Waals surface area contributed by atoms with Crippen molar-refractivity contribution >= 4 is 39.2 Å². The van der Waals surface area contributed by atoms with Gasteiger partial charge in [-0.25, -0.2) is 23.1 Å². The van der Waals surface area contributed by atoms with Gasteiger partial charge in [0, 0.05) is 22.4 Å². The van der Waals surface area contributed by atoms with E-state index in [2.05, 4.69) is 14.7 Å². The molecule has 1 N–H and O–H groups in total. The van der Waals surface area contributed by atoms with Crippen LogP contribution in [0.25, 0.3) is 0 Å². The molecule has 0 aliphatic rings. The number of nitrogens with zero attached hydrogens (tertiary/aromatic N) is 2. The lowest BCUT2D eigenvalue weighted by atomic mass is 10.2. The number of hydrogen-bond acceptors (Lipinski definition) is 4. The maximum atomic E-state index is 12.1. The number of sulfonamides is 1. The van der Waals surface area contributed by atoms with Crippen LogP contribution < -0.4 is 4.72 Å². The van der Waals surface area contributed by atoms with Crippen LogP contribution in [0.2, 0.25) is 10.0 Å². The van der Waals surface area contributed by atoms with E-state index in [9.17, 15) is 8.42 Å². The Labute approximate surface area is 120 Å². The second kappa shape index (κ2) is 5.32. The van der Waals surface area contributed by atoms with E-state index in [1.807, 2.05) is 0 Å². The minimum Gasteiger partial charge on any atom is -0.247 e. The maximum Gasteiger partial charge on any atom is 0.264 e. The van der Waals surface area contributed by atoms with Crippen LogP contribution in [0.1, 0.15) is 5.56 Å². The molecule has 0 saturated heterocycles. The summed E-state index contributed by atoms with van der Waals surface area (Å²) in [6.07, 6.45) is 2.86. The van der Waals surface area contributed by atoms with Crippen molar-refractivity contribution < 1.29 is 8.42 Å². The fourth-order valence-corrected chi connectivity index (χ4v) is 2.93. The van der Waals surface area contributed by atoms with Gasteiger partial charge in [-0.1, -0.05) is 23.2 Å². The van der Waals surface area contributed by atoms with Gasteiger partial charge in [0.05, 0.1) is 4.90 Å². The molecule has 8 heteroatoms.